The topological polar surface area (TPSA) is 85.3 Å². The van der Waals surface area contributed by atoms with E-state index >= 15 is 0 Å². The van der Waals surface area contributed by atoms with E-state index in [-0.39, 0.29) is 17.4 Å². The van der Waals surface area contributed by atoms with Gasteiger partial charge in [-0.15, -0.1) is 0 Å². The van der Waals surface area contributed by atoms with Crippen LogP contribution in [-0.4, -0.2) is 48.1 Å². The summed E-state index contributed by atoms with van der Waals surface area (Å²) in [6.45, 7) is 0.872. The number of amides is 1. The van der Waals surface area contributed by atoms with Crippen LogP contribution in [0.5, 0.6) is 17.2 Å². The predicted octanol–water partition coefficient (Wildman–Crippen LogP) is 4.22. The molecule has 1 N–H and O–H groups in total. The molecule has 0 bridgehead atoms. The molecule has 7 nitrogen and oxygen atoms in total. The fourth-order valence-corrected chi connectivity index (χ4v) is 5.05. The van der Waals surface area contributed by atoms with Crippen molar-refractivity contribution in [1.29, 1.82) is 0 Å². The van der Waals surface area contributed by atoms with Crippen molar-refractivity contribution in [3.8, 4) is 17.2 Å². The average Bonchev–Trinajstić information content (AvgIpc) is 3.14. The number of hydrogen-bond donors (Lipinski definition) is 1. The highest BCUT2D eigenvalue weighted by Crippen LogP contribution is 2.44. The van der Waals surface area contributed by atoms with Gasteiger partial charge in [0.05, 0.1) is 18.7 Å². The number of aliphatic hydroxyl groups excluding tert-OH is 1. The van der Waals surface area contributed by atoms with Crippen molar-refractivity contribution in [2.45, 2.75) is 44.2 Å². The lowest BCUT2D eigenvalue weighted by Gasteiger charge is -2.35. The monoisotopic (exact) mass is 449 g/mol. The molecule has 1 aliphatic carbocycles. The minimum Gasteiger partial charge on any atom is -0.507 e. The van der Waals surface area contributed by atoms with E-state index in [0.29, 0.717) is 36.0 Å². The van der Waals surface area contributed by atoms with Gasteiger partial charge in [0.1, 0.15) is 24.7 Å². The number of benzene rings is 2. The van der Waals surface area contributed by atoms with Gasteiger partial charge < -0.3 is 24.2 Å². The number of likely N-dealkylation sites (tertiary alicyclic amines) is 1. The fraction of sp³-hybridized carbons (Fsp3) is 0.385. The Morgan fingerprint density at radius 1 is 0.970 bits per heavy atom. The molecule has 1 saturated heterocycles. The highest BCUT2D eigenvalue weighted by molar-refractivity contribution is 6.46. The van der Waals surface area contributed by atoms with Crippen molar-refractivity contribution in [1.82, 2.24) is 4.90 Å². The third-order valence-electron chi connectivity index (χ3n) is 6.70. The van der Waals surface area contributed by atoms with Crippen LogP contribution in [0.4, 0.5) is 0 Å². The molecule has 33 heavy (non-hydrogen) atoms. The van der Waals surface area contributed by atoms with Gasteiger partial charge in [-0.05, 0) is 48.7 Å². The molecule has 1 atom stereocenters. The fourth-order valence-electron chi connectivity index (χ4n) is 5.05. The second-order valence-electron chi connectivity index (χ2n) is 8.63. The van der Waals surface area contributed by atoms with Gasteiger partial charge in [-0.1, -0.05) is 31.4 Å². The Bertz CT molecular complexity index is 1100. The molecule has 2 aliphatic heterocycles. The van der Waals surface area contributed by atoms with Gasteiger partial charge in [0.25, 0.3) is 11.7 Å². The summed E-state index contributed by atoms with van der Waals surface area (Å²) in [6.07, 6.45) is 4.87. The van der Waals surface area contributed by atoms with E-state index in [1.165, 1.54) is 0 Å². The molecular weight excluding hydrogens is 422 g/mol. The predicted molar refractivity (Wildman–Crippen MR) is 121 cm³/mol. The summed E-state index contributed by atoms with van der Waals surface area (Å²) in [5, 5.41) is 11.3. The lowest BCUT2D eigenvalue weighted by atomic mass is 9.91. The number of ether oxygens (including phenoxy) is 3. The molecule has 0 spiro atoms. The van der Waals surface area contributed by atoms with E-state index in [9.17, 15) is 14.7 Å². The van der Waals surface area contributed by atoms with Crippen LogP contribution in [0.25, 0.3) is 5.76 Å². The molecule has 3 aliphatic rings. The number of fused-ring (bicyclic) bond motifs is 1. The second-order valence-corrected chi connectivity index (χ2v) is 8.63. The first-order valence-electron chi connectivity index (χ1n) is 11.4. The number of hydrogen-bond acceptors (Lipinski definition) is 6. The summed E-state index contributed by atoms with van der Waals surface area (Å²) in [4.78, 5) is 28.2. The Balaban J connectivity index is 1.62. The molecule has 1 amide bonds. The quantitative estimate of drug-likeness (QED) is 0.427. The van der Waals surface area contributed by atoms with E-state index in [2.05, 4.69) is 0 Å². The van der Waals surface area contributed by atoms with E-state index in [1.54, 1.807) is 42.3 Å². The van der Waals surface area contributed by atoms with Crippen molar-refractivity contribution in [3.05, 3.63) is 59.2 Å². The summed E-state index contributed by atoms with van der Waals surface area (Å²) in [7, 11) is 1.59. The van der Waals surface area contributed by atoms with Crippen LogP contribution < -0.4 is 14.2 Å². The Morgan fingerprint density at radius 3 is 2.36 bits per heavy atom. The zero-order valence-electron chi connectivity index (χ0n) is 18.6. The maximum Gasteiger partial charge on any atom is 0.295 e. The minimum absolute atomic E-state index is 0.0344. The Morgan fingerprint density at radius 2 is 1.67 bits per heavy atom. The van der Waals surface area contributed by atoms with E-state index in [4.69, 9.17) is 14.2 Å². The van der Waals surface area contributed by atoms with Crippen molar-refractivity contribution in [2.75, 3.05) is 20.3 Å². The van der Waals surface area contributed by atoms with Crippen LogP contribution in [0.1, 0.15) is 49.3 Å². The van der Waals surface area contributed by atoms with Gasteiger partial charge >= 0.3 is 0 Å². The molecule has 7 heteroatoms. The smallest absolute Gasteiger partial charge is 0.295 e. The molecular formula is C26H27NO6. The number of aliphatic hydroxyl groups is 1. The van der Waals surface area contributed by atoms with Crippen LogP contribution in [-0.2, 0) is 9.59 Å². The number of rotatable bonds is 4. The third kappa shape index (κ3) is 3.81. The van der Waals surface area contributed by atoms with Crippen molar-refractivity contribution >= 4 is 17.4 Å². The maximum absolute atomic E-state index is 13.3. The SMILES string of the molecule is COc1ccc(C2/C(=C(/O)c3ccc4c(c3)OCCO4)C(=O)C(=O)N2C2CCCCC2)cc1. The van der Waals surface area contributed by atoms with Crippen molar-refractivity contribution in [2.24, 2.45) is 0 Å². The average molecular weight is 450 g/mol. The molecule has 172 valence electrons. The van der Waals surface area contributed by atoms with Gasteiger partial charge in [0.2, 0.25) is 0 Å². The van der Waals surface area contributed by atoms with Crippen LogP contribution in [0.2, 0.25) is 0 Å². The minimum atomic E-state index is -0.660. The summed E-state index contributed by atoms with van der Waals surface area (Å²) < 4.78 is 16.5. The van der Waals surface area contributed by atoms with Crippen LogP contribution in [0.15, 0.2) is 48.0 Å². The van der Waals surface area contributed by atoms with Crippen molar-refractivity contribution in [3.63, 3.8) is 0 Å². The van der Waals surface area contributed by atoms with Crippen LogP contribution in [0.3, 0.4) is 0 Å². The van der Waals surface area contributed by atoms with Gasteiger partial charge in [-0.25, -0.2) is 0 Å². The van der Waals surface area contributed by atoms with Crippen LogP contribution >= 0.6 is 0 Å². The molecule has 2 aromatic rings. The van der Waals surface area contributed by atoms with E-state index in [1.807, 2.05) is 12.1 Å². The highest BCUT2D eigenvalue weighted by atomic mass is 16.6. The van der Waals surface area contributed by atoms with E-state index < -0.39 is 17.7 Å². The van der Waals surface area contributed by atoms with Gasteiger partial charge in [0.15, 0.2) is 11.5 Å². The van der Waals surface area contributed by atoms with Gasteiger partial charge in [-0.2, -0.15) is 0 Å². The first-order chi connectivity index (χ1) is 16.1. The summed E-state index contributed by atoms with van der Waals surface area (Å²) in [5.74, 6) is 0.361. The first-order valence-corrected chi connectivity index (χ1v) is 11.4. The van der Waals surface area contributed by atoms with E-state index in [0.717, 1.165) is 37.7 Å². The Hall–Kier alpha value is -3.48. The standard InChI is InChI=1S/C26H27NO6/c1-31-19-10-7-16(8-11-19)23-22(25(29)26(30)27(23)18-5-3-2-4-6-18)24(28)17-9-12-20-21(15-17)33-14-13-32-20/h7-12,15,18,23,28H,2-6,13-14H2,1H3/b24-22-. The van der Waals surface area contributed by atoms with Gasteiger partial charge in [-0.3, -0.25) is 9.59 Å². The largest absolute Gasteiger partial charge is 0.507 e. The number of methoxy groups -OCH3 is 1. The zero-order valence-corrected chi connectivity index (χ0v) is 18.6. The molecule has 0 aromatic heterocycles. The Kier molecular flexibility index (Phi) is 5.70. The van der Waals surface area contributed by atoms with Gasteiger partial charge in [0, 0.05) is 11.6 Å². The molecule has 2 aromatic carbocycles. The second kappa shape index (κ2) is 8.81. The molecule has 0 radical (unpaired) electrons. The van der Waals surface area contributed by atoms with Crippen LogP contribution in [0, 0.1) is 0 Å². The maximum atomic E-state index is 13.3. The number of Topliss-reactive ketones (excluding diaryl/α,β-unsaturated/α-hetero) is 1. The number of carbonyl (C=O) groups is 2. The zero-order chi connectivity index (χ0) is 22.9. The normalized spacial score (nSPS) is 22.5. The van der Waals surface area contributed by atoms with Crippen molar-refractivity contribution < 1.29 is 28.9 Å². The molecule has 1 unspecified atom stereocenters. The molecule has 5 rings (SSSR count). The summed E-state index contributed by atoms with van der Waals surface area (Å²) in [5.41, 5.74) is 1.28. The molecule has 2 fully saturated rings. The number of carbonyl (C=O) groups excluding carboxylic acids is 2. The third-order valence-corrected chi connectivity index (χ3v) is 6.70. The number of ketones is 1. The molecule has 2 heterocycles. The number of nitrogens with zero attached hydrogens (tertiary/aromatic N) is 1. The molecule has 1 saturated carbocycles. The summed E-state index contributed by atoms with van der Waals surface area (Å²) >= 11 is 0. The lowest BCUT2D eigenvalue weighted by Crippen LogP contribution is -2.40. The summed E-state index contributed by atoms with van der Waals surface area (Å²) in [6, 6.07) is 11.7. The Labute approximate surface area is 192 Å². The lowest BCUT2D eigenvalue weighted by molar-refractivity contribution is -0.141. The first kappa shape index (κ1) is 21.4. The highest BCUT2D eigenvalue weighted by Gasteiger charge is 2.48.